The monoisotopic (exact) mass is 883 g/mol. The number of ketones is 1. The Morgan fingerprint density at radius 3 is 1.89 bits per heavy atom. The Labute approximate surface area is 372 Å². The van der Waals surface area contributed by atoms with Crippen molar-refractivity contribution < 1.29 is 38.4 Å². The van der Waals surface area contributed by atoms with Gasteiger partial charge in [0.15, 0.2) is 5.78 Å². The Morgan fingerprint density at radius 1 is 0.806 bits per heavy atom. The second kappa shape index (κ2) is 24.0. The van der Waals surface area contributed by atoms with Crippen LogP contribution in [0.2, 0.25) is 10.0 Å². The third kappa shape index (κ3) is 13.3. The fraction of sp³-hybridized carbons (Fsp3) is 0.362. The number of methoxy groups -OCH3 is 2. The second-order valence-electron chi connectivity index (χ2n) is 14.6. The lowest BCUT2D eigenvalue weighted by Gasteiger charge is -2.21. The van der Waals surface area contributed by atoms with Crippen LogP contribution in [0, 0.1) is 32.9 Å². The molecule has 2 heterocycles. The molecule has 0 saturated carbocycles. The van der Waals surface area contributed by atoms with Crippen LogP contribution in [-0.4, -0.2) is 78.3 Å². The van der Waals surface area contributed by atoms with Gasteiger partial charge < -0.3 is 34.2 Å². The minimum atomic E-state index is -0.930. The van der Waals surface area contributed by atoms with Gasteiger partial charge in [-0.25, -0.2) is 9.69 Å². The van der Waals surface area contributed by atoms with Gasteiger partial charge in [0.05, 0.1) is 68.0 Å². The summed E-state index contributed by atoms with van der Waals surface area (Å²) in [6, 6.07) is 20.9. The van der Waals surface area contributed by atoms with Gasteiger partial charge >= 0.3 is 0 Å². The van der Waals surface area contributed by atoms with E-state index in [0.717, 1.165) is 35.5 Å². The van der Waals surface area contributed by atoms with E-state index < -0.39 is 30.0 Å². The molecule has 13 nitrogen and oxygen atoms in total. The highest BCUT2D eigenvalue weighted by molar-refractivity contribution is 6.34. The van der Waals surface area contributed by atoms with Gasteiger partial charge in [0.2, 0.25) is 29.1 Å². The van der Waals surface area contributed by atoms with E-state index in [1.165, 1.54) is 26.9 Å². The molecule has 5 aromatic rings. The molecular formula is C47H51Cl2N5O8. The number of hydrogen-bond donors (Lipinski definition) is 3. The molecule has 1 aliphatic rings. The van der Waals surface area contributed by atoms with E-state index in [4.69, 9.17) is 55.0 Å². The molecule has 4 aromatic carbocycles. The van der Waals surface area contributed by atoms with Crippen molar-refractivity contribution in [1.29, 1.82) is 0 Å². The summed E-state index contributed by atoms with van der Waals surface area (Å²) in [6.07, 6.45) is 1.61. The summed E-state index contributed by atoms with van der Waals surface area (Å²) in [6.45, 7) is 22.9. The van der Waals surface area contributed by atoms with E-state index in [9.17, 15) is 19.8 Å². The largest absolute Gasteiger partial charge is 0.497 e. The summed E-state index contributed by atoms with van der Waals surface area (Å²) in [7, 11) is 3.10. The summed E-state index contributed by atoms with van der Waals surface area (Å²) >= 11 is 12.5. The Bertz CT molecular complexity index is 2380. The molecule has 4 atom stereocenters. The molecular weight excluding hydrogens is 833 g/mol. The number of amides is 1. The van der Waals surface area contributed by atoms with Crippen LogP contribution in [0.1, 0.15) is 71.1 Å². The van der Waals surface area contributed by atoms with Crippen molar-refractivity contribution in [2.45, 2.75) is 71.5 Å². The first kappa shape index (κ1) is 48.9. The van der Waals surface area contributed by atoms with Crippen LogP contribution in [0.4, 0.5) is 11.4 Å². The number of halogens is 2. The molecule has 326 valence electrons. The molecule has 1 aromatic heterocycles. The minimum absolute atomic E-state index is 0.189. The van der Waals surface area contributed by atoms with Crippen molar-refractivity contribution in [1.82, 2.24) is 15.5 Å². The number of nitrogens with one attached hydrogen (secondary N) is 1. The number of hydrogen-bond acceptors (Lipinski definition) is 10. The third-order valence-electron chi connectivity index (χ3n) is 10.3. The normalized spacial score (nSPS) is 13.7. The van der Waals surface area contributed by atoms with Crippen LogP contribution in [0.5, 0.6) is 11.5 Å². The zero-order valence-electron chi connectivity index (χ0n) is 35.6. The van der Waals surface area contributed by atoms with Crippen molar-refractivity contribution in [2.24, 2.45) is 5.92 Å². The van der Waals surface area contributed by atoms with Crippen LogP contribution < -0.4 is 14.8 Å². The summed E-state index contributed by atoms with van der Waals surface area (Å²) in [5.74, 6) is 0.0920. The standard InChI is InChI=1S/C22H23ClN2O4.C21H20ClN3O3.C4H8O/c1-13-15(8-9-19(24-3)21(13)23)11-18(14(2)26)22(28)25-12-20(27)16-6-5-7-17(10-16)29-4;1-12-14(8-9-18(23-3)19(12)22)11-17(13(2)26)21-25-24-20(28-21)15-6-5-7-16(10-15)27-4;1-2-4-5-3-1/h5-10,14,18,26H,11-12H2,1-2,4H3,(H,25,28);5-10,13,17,26H,11H2,1-2,4H3;1-4H2/t14-,18+;13-,17+;/m00./s1. The van der Waals surface area contributed by atoms with Gasteiger partial charge in [-0.15, -0.1) is 10.2 Å². The first-order valence-electron chi connectivity index (χ1n) is 19.9. The smallest absolute Gasteiger partial charge is 0.247 e. The Kier molecular flexibility index (Phi) is 18.9. The van der Waals surface area contributed by atoms with Gasteiger partial charge in [0, 0.05) is 24.3 Å². The fourth-order valence-electron chi connectivity index (χ4n) is 6.42. The molecule has 62 heavy (non-hydrogen) atoms. The molecule has 3 N–H and O–H groups in total. The lowest BCUT2D eigenvalue weighted by Crippen LogP contribution is -2.40. The average molecular weight is 885 g/mol. The molecule has 0 bridgehead atoms. The molecule has 0 unspecified atom stereocenters. The topological polar surface area (TPSA) is 162 Å². The fourth-order valence-corrected chi connectivity index (χ4v) is 6.87. The zero-order chi connectivity index (χ0) is 45.3. The number of rotatable bonds is 14. The summed E-state index contributed by atoms with van der Waals surface area (Å²) in [5, 5.41) is 32.1. The first-order valence-corrected chi connectivity index (χ1v) is 20.7. The Morgan fingerprint density at radius 2 is 1.37 bits per heavy atom. The molecule has 0 aliphatic carbocycles. The van der Waals surface area contributed by atoms with Crippen LogP contribution in [0.25, 0.3) is 21.1 Å². The highest BCUT2D eigenvalue weighted by Crippen LogP contribution is 2.35. The number of nitrogens with zero attached hydrogens (tertiary/aromatic N) is 4. The van der Waals surface area contributed by atoms with Gasteiger partial charge in [0.25, 0.3) is 0 Å². The maximum atomic E-state index is 12.6. The van der Waals surface area contributed by atoms with Gasteiger partial charge in [0.1, 0.15) is 11.5 Å². The Hall–Kier alpha value is -5.80. The van der Waals surface area contributed by atoms with E-state index in [1.54, 1.807) is 63.4 Å². The van der Waals surface area contributed by atoms with Crippen molar-refractivity contribution >= 4 is 46.3 Å². The maximum absolute atomic E-state index is 12.6. The molecule has 1 aliphatic heterocycles. The van der Waals surface area contributed by atoms with Crippen LogP contribution in [0.15, 0.2) is 77.2 Å². The molecule has 0 radical (unpaired) electrons. The van der Waals surface area contributed by atoms with Crippen molar-refractivity contribution in [2.75, 3.05) is 34.0 Å². The number of aromatic nitrogens is 2. The van der Waals surface area contributed by atoms with Gasteiger partial charge in [-0.1, -0.05) is 65.7 Å². The number of carbonyl (C=O) groups is 2. The predicted molar refractivity (Wildman–Crippen MR) is 239 cm³/mol. The third-order valence-corrected chi connectivity index (χ3v) is 11.2. The number of ether oxygens (including phenoxy) is 3. The van der Waals surface area contributed by atoms with Crippen molar-refractivity contribution in [3.8, 4) is 23.0 Å². The number of carbonyl (C=O) groups excluding carboxylic acids is 2. The molecule has 6 rings (SSSR count). The van der Waals surface area contributed by atoms with Gasteiger partial charge in [-0.3, -0.25) is 9.59 Å². The lowest BCUT2D eigenvalue weighted by atomic mass is 9.91. The summed E-state index contributed by atoms with van der Waals surface area (Å²) in [4.78, 5) is 31.8. The highest BCUT2D eigenvalue weighted by atomic mass is 35.5. The zero-order valence-corrected chi connectivity index (χ0v) is 37.1. The maximum Gasteiger partial charge on any atom is 0.247 e. The second-order valence-corrected chi connectivity index (χ2v) is 15.3. The number of aliphatic hydroxyl groups excluding tert-OH is 2. The molecule has 1 fully saturated rings. The predicted octanol–water partition coefficient (Wildman–Crippen LogP) is 9.51. The van der Waals surface area contributed by atoms with Gasteiger partial charge in [-0.05, 0) is 106 Å². The number of aliphatic hydroxyl groups is 2. The van der Waals surface area contributed by atoms with Crippen LogP contribution in [0.3, 0.4) is 0 Å². The number of benzene rings is 4. The first-order chi connectivity index (χ1) is 29.7. The van der Waals surface area contributed by atoms with Crippen molar-refractivity contribution in [3.63, 3.8) is 0 Å². The molecule has 1 amide bonds. The van der Waals surface area contributed by atoms with Crippen LogP contribution in [-0.2, 0) is 22.4 Å². The van der Waals surface area contributed by atoms with Crippen LogP contribution >= 0.6 is 23.2 Å². The highest BCUT2D eigenvalue weighted by Gasteiger charge is 2.27. The number of Topliss-reactive ketones (excluding diaryl/α,β-unsaturated/α-hetero) is 1. The van der Waals surface area contributed by atoms with Crippen molar-refractivity contribution in [3.05, 3.63) is 139 Å². The quantitative estimate of drug-likeness (QED) is 0.0724. The molecule has 1 saturated heterocycles. The van der Waals surface area contributed by atoms with E-state index in [2.05, 4.69) is 25.2 Å². The SMILES string of the molecule is C1CCOC1.[C-]#[N+]c1ccc(C[C@@H](C(=O)NCC(=O)c2cccc(OC)c2)[C@H](C)O)c(C)c1Cl.[C-]#[N+]c1ccc(C[C@@H](c2nnc(-c3cccc(OC)c3)o2)[C@H](C)O)c(C)c1Cl. The molecule has 15 heteroatoms. The van der Waals surface area contributed by atoms with E-state index in [-0.39, 0.29) is 18.7 Å². The Balaban J connectivity index is 0.000000244. The summed E-state index contributed by atoms with van der Waals surface area (Å²) < 4.78 is 21.1. The van der Waals surface area contributed by atoms with E-state index in [0.29, 0.717) is 62.2 Å². The average Bonchev–Trinajstić information content (AvgIpc) is 4.04. The van der Waals surface area contributed by atoms with E-state index >= 15 is 0 Å². The van der Waals surface area contributed by atoms with E-state index in [1.807, 2.05) is 37.3 Å². The minimum Gasteiger partial charge on any atom is -0.497 e. The summed E-state index contributed by atoms with van der Waals surface area (Å²) in [5.41, 5.74) is 5.12. The van der Waals surface area contributed by atoms with Gasteiger partial charge in [-0.2, -0.15) is 0 Å². The lowest BCUT2D eigenvalue weighted by molar-refractivity contribution is -0.127. The molecule has 0 spiro atoms.